The van der Waals surface area contributed by atoms with E-state index in [1.165, 1.54) is 24.3 Å². The number of rotatable bonds is 6. The van der Waals surface area contributed by atoms with Gasteiger partial charge in [0, 0.05) is 10.6 Å². The SMILES string of the molecule is C#CCNS(=O)(=O)c1ccc(C(=O)NC(C)c2cccc(Cl)c2)cc1. The third-order valence-corrected chi connectivity index (χ3v) is 5.14. The molecule has 0 bridgehead atoms. The smallest absolute Gasteiger partial charge is 0.251 e. The number of nitrogens with one attached hydrogen (secondary N) is 2. The second-order valence-corrected chi connectivity index (χ2v) is 7.51. The summed E-state index contributed by atoms with van der Waals surface area (Å²) < 4.78 is 26.2. The molecule has 1 unspecified atom stereocenters. The van der Waals surface area contributed by atoms with Crippen molar-refractivity contribution in [2.24, 2.45) is 0 Å². The molecule has 0 heterocycles. The zero-order valence-corrected chi connectivity index (χ0v) is 15.1. The first kappa shape index (κ1) is 19.0. The molecule has 7 heteroatoms. The topological polar surface area (TPSA) is 75.3 Å². The Morgan fingerprint density at radius 1 is 1.24 bits per heavy atom. The average molecular weight is 377 g/mol. The zero-order valence-electron chi connectivity index (χ0n) is 13.5. The van der Waals surface area contributed by atoms with E-state index in [1.807, 2.05) is 19.1 Å². The number of terminal acetylenes is 1. The fraction of sp³-hybridized carbons (Fsp3) is 0.167. The highest BCUT2D eigenvalue weighted by Gasteiger charge is 2.15. The molecule has 0 fully saturated rings. The van der Waals surface area contributed by atoms with Gasteiger partial charge in [-0.3, -0.25) is 4.79 Å². The number of hydrogen-bond donors (Lipinski definition) is 2. The standard InChI is InChI=1S/C18H17ClN2O3S/c1-3-11-20-25(23,24)17-9-7-14(8-10-17)18(22)21-13(2)15-5-4-6-16(19)12-15/h1,4-10,12-13,20H,11H2,2H3,(H,21,22). The van der Waals surface area contributed by atoms with Gasteiger partial charge >= 0.3 is 0 Å². The number of amides is 1. The molecule has 0 aliphatic carbocycles. The maximum absolute atomic E-state index is 12.3. The van der Waals surface area contributed by atoms with Gasteiger partial charge in [-0.15, -0.1) is 6.42 Å². The Labute approximate surface area is 152 Å². The molecule has 2 aromatic carbocycles. The molecule has 2 rings (SSSR count). The molecule has 0 radical (unpaired) electrons. The molecular formula is C18H17ClN2O3S. The van der Waals surface area contributed by atoms with Gasteiger partial charge in [-0.2, -0.15) is 4.72 Å². The van der Waals surface area contributed by atoms with Gasteiger partial charge in [0.25, 0.3) is 5.91 Å². The highest BCUT2D eigenvalue weighted by atomic mass is 35.5. The van der Waals surface area contributed by atoms with Crippen LogP contribution in [0.1, 0.15) is 28.9 Å². The van der Waals surface area contributed by atoms with Crippen LogP contribution in [0.3, 0.4) is 0 Å². The minimum Gasteiger partial charge on any atom is -0.346 e. The second kappa shape index (κ2) is 8.17. The molecule has 0 saturated heterocycles. The van der Waals surface area contributed by atoms with Crippen molar-refractivity contribution < 1.29 is 13.2 Å². The Bertz CT molecular complexity index is 903. The summed E-state index contributed by atoms with van der Waals surface area (Å²) in [6.45, 7) is 1.74. The Kier molecular flexibility index (Phi) is 6.21. The first-order valence-electron chi connectivity index (χ1n) is 7.43. The van der Waals surface area contributed by atoms with Crippen molar-refractivity contribution in [3.63, 3.8) is 0 Å². The lowest BCUT2D eigenvalue weighted by atomic mass is 10.1. The summed E-state index contributed by atoms with van der Waals surface area (Å²) in [6, 6.07) is 12.6. The van der Waals surface area contributed by atoms with Crippen LogP contribution >= 0.6 is 11.6 Å². The fourth-order valence-electron chi connectivity index (χ4n) is 2.14. The van der Waals surface area contributed by atoms with Gasteiger partial charge in [0.15, 0.2) is 0 Å². The van der Waals surface area contributed by atoms with Crippen LogP contribution in [-0.4, -0.2) is 20.9 Å². The van der Waals surface area contributed by atoms with E-state index >= 15 is 0 Å². The van der Waals surface area contributed by atoms with Gasteiger partial charge in [0.05, 0.1) is 17.5 Å². The lowest BCUT2D eigenvalue weighted by Crippen LogP contribution is -2.27. The number of hydrogen-bond acceptors (Lipinski definition) is 3. The maximum Gasteiger partial charge on any atom is 0.251 e. The van der Waals surface area contributed by atoms with E-state index in [1.54, 1.807) is 12.1 Å². The van der Waals surface area contributed by atoms with Crippen molar-refractivity contribution in [1.82, 2.24) is 10.0 Å². The van der Waals surface area contributed by atoms with Crippen LogP contribution in [-0.2, 0) is 10.0 Å². The van der Waals surface area contributed by atoms with Crippen molar-refractivity contribution in [3.8, 4) is 12.3 Å². The molecule has 0 spiro atoms. The lowest BCUT2D eigenvalue weighted by Gasteiger charge is -2.15. The molecule has 0 aliphatic rings. The van der Waals surface area contributed by atoms with E-state index in [2.05, 4.69) is 16.0 Å². The highest BCUT2D eigenvalue weighted by molar-refractivity contribution is 7.89. The van der Waals surface area contributed by atoms with E-state index in [0.29, 0.717) is 10.6 Å². The fourth-order valence-corrected chi connectivity index (χ4v) is 3.28. The predicted molar refractivity (Wildman–Crippen MR) is 97.8 cm³/mol. The van der Waals surface area contributed by atoms with Gasteiger partial charge in [-0.1, -0.05) is 29.7 Å². The third-order valence-electron chi connectivity index (χ3n) is 3.49. The van der Waals surface area contributed by atoms with Gasteiger partial charge in [0.2, 0.25) is 10.0 Å². The number of carbonyl (C=O) groups excluding carboxylic acids is 1. The van der Waals surface area contributed by atoms with Crippen molar-refractivity contribution in [2.75, 3.05) is 6.54 Å². The van der Waals surface area contributed by atoms with Crippen LogP contribution in [0.2, 0.25) is 5.02 Å². The van der Waals surface area contributed by atoms with Crippen molar-refractivity contribution in [1.29, 1.82) is 0 Å². The van der Waals surface area contributed by atoms with Crippen molar-refractivity contribution >= 4 is 27.5 Å². The van der Waals surface area contributed by atoms with Crippen LogP contribution in [0.5, 0.6) is 0 Å². The van der Waals surface area contributed by atoms with E-state index < -0.39 is 10.0 Å². The Morgan fingerprint density at radius 2 is 1.92 bits per heavy atom. The van der Waals surface area contributed by atoms with Crippen LogP contribution in [0.4, 0.5) is 0 Å². The first-order chi connectivity index (χ1) is 11.8. The Hall–Kier alpha value is -2.33. The molecule has 0 aliphatic heterocycles. The molecule has 0 saturated carbocycles. The molecule has 25 heavy (non-hydrogen) atoms. The predicted octanol–water partition coefficient (Wildman–Crippen LogP) is 2.74. The van der Waals surface area contributed by atoms with Gasteiger partial charge in [-0.25, -0.2) is 8.42 Å². The molecule has 0 aromatic heterocycles. The third kappa shape index (κ3) is 5.07. The summed E-state index contributed by atoms with van der Waals surface area (Å²) in [6.07, 6.45) is 5.04. The summed E-state index contributed by atoms with van der Waals surface area (Å²) >= 11 is 5.95. The summed E-state index contributed by atoms with van der Waals surface area (Å²) in [4.78, 5) is 12.4. The van der Waals surface area contributed by atoms with Crippen molar-refractivity contribution in [2.45, 2.75) is 17.9 Å². The lowest BCUT2D eigenvalue weighted by molar-refractivity contribution is 0.0940. The minimum atomic E-state index is -3.67. The van der Waals surface area contributed by atoms with E-state index in [-0.39, 0.29) is 23.4 Å². The summed E-state index contributed by atoms with van der Waals surface area (Å²) in [7, 11) is -3.67. The molecule has 2 aromatic rings. The first-order valence-corrected chi connectivity index (χ1v) is 9.29. The molecular weight excluding hydrogens is 360 g/mol. The Morgan fingerprint density at radius 3 is 2.52 bits per heavy atom. The maximum atomic E-state index is 12.3. The number of carbonyl (C=O) groups is 1. The number of halogens is 1. The van der Waals surface area contributed by atoms with Gasteiger partial charge in [-0.05, 0) is 48.9 Å². The molecule has 130 valence electrons. The molecule has 1 amide bonds. The summed E-state index contributed by atoms with van der Waals surface area (Å²) in [5.74, 6) is 1.89. The summed E-state index contributed by atoms with van der Waals surface area (Å²) in [5, 5.41) is 3.43. The number of benzene rings is 2. The monoisotopic (exact) mass is 376 g/mol. The van der Waals surface area contributed by atoms with E-state index in [4.69, 9.17) is 18.0 Å². The van der Waals surface area contributed by atoms with Crippen LogP contribution < -0.4 is 10.0 Å². The molecule has 1 atom stereocenters. The largest absolute Gasteiger partial charge is 0.346 e. The average Bonchev–Trinajstić information content (AvgIpc) is 2.60. The number of sulfonamides is 1. The summed E-state index contributed by atoms with van der Waals surface area (Å²) in [5.41, 5.74) is 1.23. The van der Waals surface area contributed by atoms with Gasteiger partial charge < -0.3 is 5.32 Å². The highest BCUT2D eigenvalue weighted by Crippen LogP contribution is 2.18. The van der Waals surface area contributed by atoms with Crippen molar-refractivity contribution in [3.05, 3.63) is 64.7 Å². The molecule has 5 nitrogen and oxygen atoms in total. The van der Waals surface area contributed by atoms with Crippen LogP contribution in [0, 0.1) is 12.3 Å². The molecule has 2 N–H and O–H groups in total. The van der Waals surface area contributed by atoms with E-state index in [0.717, 1.165) is 5.56 Å². The minimum absolute atomic E-state index is 0.0437. The normalized spacial score (nSPS) is 12.2. The Balaban J connectivity index is 2.09. The zero-order chi connectivity index (χ0) is 18.4. The second-order valence-electron chi connectivity index (χ2n) is 5.30. The quantitative estimate of drug-likeness (QED) is 0.761. The van der Waals surface area contributed by atoms with Gasteiger partial charge in [0.1, 0.15) is 0 Å². The van der Waals surface area contributed by atoms with Crippen LogP contribution in [0.15, 0.2) is 53.4 Å². The van der Waals surface area contributed by atoms with Crippen LogP contribution in [0.25, 0.3) is 0 Å². The van der Waals surface area contributed by atoms with E-state index in [9.17, 15) is 13.2 Å².